The van der Waals surface area contributed by atoms with Crippen LogP contribution < -0.4 is 0 Å². The second-order valence-corrected chi connectivity index (χ2v) is 3.95. The molecule has 0 aliphatic carbocycles. The van der Waals surface area contributed by atoms with Gasteiger partial charge in [0.15, 0.2) is 0 Å². The molecule has 3 aromatic rings. The second-order valence-electron chi connectivity index (χ2n) is 3.95. The normalized spacial score (nSPS) is 11.1. The highest BCUT2D eigenvalue weighted by atomic mass is 16.3. The summed E-state index contributed by atoms with van der Waals surface area (Å²) in [6.45, 7) is -0.161. The van der Waals surface area contributed by atoms with E-state index in [9.17, 15) is 5.11 Å². The highest BCUT2D eigenvalue weighted by Crippen LogP contribution is 2.28. The van der Waals surface area contributed by atoms with Crippen LogP contribution in [0.4, 0.5) is 0 Å². The van der Waals surface area contributed by atoms with E-state index < -0.39 is 0 Å². The van der Waals surface area contributed by atoms with E-state index in [1.807, 2.05) is 36.4 Å². The van der Waals surface area contributed by atoms with E-state index in [1.54, 1.807) is 0 Å². The zero-order valence-corrected chi connectivity index (χ0v) is 8.81. The number of benzene rings is 3. The van der Waals surface area contributed by atoms with Crippen molar-refractivity contribution >= 4 is 21.5 Å². The number of rotatable bonds is 1. The van der Waals surface area contributed by atoms with Crippen molar-refractivity contribution in [2.75, 3.05) is 0 Å². The molecule has 0 fully saturated rings. The Morgan fingerprint density at radius 2 is 1.38 bits per heavy atom. The number of hydrogen-bond donors (Lipinski definition) is 0. The van der Waals surface area contributed by atoms with Gasteiger partial charge in [0.1, 0.15) is 6.61 Å². The van der Waals surface area contributed by atoms with Gasteiger partial charge in [0.2, 0.25) is 0 Å². The van der Waals surface area contributed by atoms with Gasteiger partial charge >= 0.3 is 0 Å². The van der Waals surface area contributed by atoms with Gasteiger partial charge in [-0.3, -0.25) is 0 Å². The molecule has 0 amide bonds. The van der Waals surface area contributed by atoms with Gasteiger partial charge in [0.25, 0.3) is 0 Å². The van der Waals surface area contributed by atoms with Crippen molar-refractivity contribution in [3.8, 4) is 0 Å². The molecular formula is C15H11O. The zero-order chi connectivity index (χ0) is 11.0. The molecule has 3 aromatic carbocycles. The maximum atomic E-state index is 11.2. The molecular weight excluding hydrogens is 196 g/mol. The summed E-state index contributed by atoms with van der Waals surface area (Å²) in [6.07, 6.45) is 0. The lowest BCUT2D eigenvalue weighted by molar-refractivity contribution is 0.179. The van der Waals surface area contributed by atoms with Crippen LogP contribution in [0.15, 0.2) is 54.6 Å². The van der Waals surface area contributed by atoms with Gasteiger partial charge in [-0.25, -0.2) is 5.11 Å². The lowest BCUT2D eigenvalue weighted by Crippen LogP contribution is -1.86. The quantitative estimate of drug-likeness (QED) is 0.539. The minimum atomic E-state index is -0.161. The molecule has 1 nitrogen and oxygen atoms in total. The van der Waals surface area contributed by atoms with Crippen LogP contribution in [0.25, 0.3) is 21.5 Å². The van der Waals surface area contributed by atoms with Crippen LogP contribution >= 0.6 is 0 Å². The van der Waals surface area contributed by atoms with E-state index in [2.05, 4.69) is 18.2 Å². The Morgan fingerprint density at radius 3 is 2.12 bits per heavy atom. The van der Waals surface area contributed by atoms with Crippen molar-refractivity contribution < 1.29 is 5.11 Å². The van der Waals surface area contributed by atoms with Gasteiger partial charge in [-0.1, -0.05) is 48.5 Å². The summed E-state index contributed by atoms with van der Waals surface area (Å²) in [5.41, 5.74) is 0.884. The average molecular weight is 207 g/mol. The van der Waals surface area contributed by atoms with Crippen LogP contribution in [0.3, 0.4) is 0 Å². The van der Waals surface area contributed by atoms with Crippen molar-refractivity contribution in [2.24, 2.45) is 0 Å². The maximum Gasteiger partial charge on any atom is 0.108 e. The summed E-state index contributed by atoms with van der Waals surface area (Å²) in [7, 11) is 0. The number of hydrogen-bond acceptors (Lipinski definition) is 0. The van der Waals surface area contributed by atoms with E-state index in [0.717, 1.165) is 16.3 Å². The van der Waals surface area contributed by atoms with Crippen molar-refractivity contribution in [1.29, 1.82) is 0 Å². The van der Waals surface area contributed by atoms with Gasteiger partial charge < -0.3 is 0 Å². The van der Waals surface area contributed by atoms with E-state index in [0.29, 0.717) is 0 Å². The van der Waals surface area contributed by atoms with Crippen molar-refractivity contribution in [3.63, 3.8) is 0 Å². The Hall–Kier alpha value is -1.86. The molecule has 77 valence electrons. The fourth-order valence-corrected chi connectivity index (χ4v) is 2.25. The summed E-state index contributed by atoms with van der Waals surface area (Å²) in [5, 5.41) is 15.8. The molecule has 0 N–H and O–H groups in total. The van der Waals surface area contributed by atoms with E-state index in [-0.39, 0.29) is 6.61 Å². The average Bonchev–Trinajstić information content (AvgIpc) is 2.38. The van der Waals surface area contributed by atoms with E-state index in [1.165, 1.54) is 10.8 Å². The predicted molar refractivity (Wildman–Crippen MR) is 65.8 cm³/mol. The first-order valence-electron chi connectivity index (χ1n) is 5.37. The fraction of sp³-hybridized carbons (Fsp3) is 0.0667. The summed E-state index contributed by atoms with van der Waals surface area (Å²) in [5.74, 6) is 0. The monoisotopic (exact) mass is 207 g/mol. The topological polar surface area (TPSA) is 19.9 Å². The third-order valence-electron chi connectivity index (χ3n) is 3.01. The summed E-state index contributed by atoms with van der Waals surface area (Å²) in [4.78, 5) is 0. The van der Waals surface area contributed by atoms with E-state index in [4.69, 9.17) is 0 Å². The lowest BCUT2D eigenvalue weighted by atomic mass is 9.98. The first-order chi connectivity index (χ1) is 7.90. The van der Waals surface area contributed by atoms with Crippen molar-refractivity contribution in [3.05, 3.63) is 60.2 Å². The Balaban J connectivity index is 2.57. The summed E-state index contributed by atoms with van der Waals surface area (Å²) in [6, 6.07) is 18.3. The van der Waals surface area contributed by atoms with Crippen molar-refractivity contribution in [1.82, 2.24) is 0 Å². The van der Waals surface area contributed by atoms with Crippen LogP contribution in [-0.4, -0.2) is 0 Å². The van der Waals surface area contributed by atoms with Gasteiger partial charge in [0.05, 0.1) is 0 Å². The standard InChI is InChI=1S/C15H11O/c16-10-12-9-11-5-1-2-6-13(11)15-8-4-3-7-14(12)15/h1-9H,10H2. The molecule has 0 bridgehead atoms. The summed E-state index contributed by atoms with van der Waals surface area (Å²) >= 11 is 0. The minimum absolute atomic E-state index is 0.161. The van der Waals surface area contributed by atoms with Crippen LogP contribution in [0, 0.1) is 0 Å². The van der Waals surface area contributed by atoms with Crippen LogP contribution in [0.5, 0.6) is 0 Å². The number of fused-ring (bicyclic) bond motifs is 3. The molecule has 0 aliphatic rings. The fourth-order valence-electron chi connectivity index (χ4n) is 2.25. The first kappa shape index (κ1) is 9.37. The molecule has 0 spiro atoms. The Labute approximate surface area is 94.0 Å². The third-order valence-corrected chi connectivity index (χ3v) is 3.01. The molecule has 1 radical (unpaired) electrons. The first-order valence-corrected chi connectivity index (χ1v) is 5.37. The molecule has 0 aromatic heterocycles. The smallest absolute Gasteiger partial charge is 0.108 e. The summed E-state index contributed by atoms with van der Waals surface area (Å²) < 4.78 is 0. The van der Waals surface area contributed by atoms with Crippen molar-refractivity contribution in [2.45, 2.75) is 6.61 Å². The van der Waals surface area contributed by atoms with Crippen LogP contribution in [-0.2, 0) is 11.7 Å². The molecule has 0 saturated carbocycles. The van der Waals surface area contributed by atoms with Gasteiger partial charge in [-0.15, -0.1) is 0 Å². The molecule has 0 atom stereocenters. The van der Waals surface area contributed by atoms with Gasteiger partial charge in [0, 0.05) is 0 Å². The second kappa shape index (κ2) is 3.62. The predicted octanol–water partition coefficient (Wildman–Crippen LogP) is 3.92. The van der Waals surface area contributed by atoms with Gasteiger partial charge in [-0.2, -0.15) is 0 Å². The van der Waals surface area contributed by atoms with Crippen LogP contribution in [0.1, 0.15) is 5.56 Å². The van der Waals surface area contributed by atoms with E-state index >= 15 is 0 Å². The molecule has 0 unspecified atom stereocenters. The molecule has 0 saturated heterocycles. The largest absolute Gasteiger partial charge is 0.232 e. The maximum absolute atomic E-state index is 11.2. The molecule has 0 heterocycles. The molecule has 16 heavy (non-hydrogen) atoms. The Morgan fingerprint density at radius 1 is 0.750 bits per heavy atom. The molecule has 1 heteroatoms. The third kappa shape index (κ3) is 1.29. The minimum Gasteiger partial charge on any atom is -0.232 e. The Bertz CT molecular complexity index is 656. The Kier molecular flexibility index (Phi) is 2.12. The SMILES string of the molecule is [O]Cc1cc2ccccc2c2ccccc12. The van der Waals surface area contributed by atoms with Gasteiger partial charge in [-0.05, 0) is 33.2 Å². The molecule has 3 rings (SSSR count). The van der Waals surface area contributed by atoms with Crippen LogP contribution in [0.2, 0.25) is 0 Å². The highest BCUT2D eigenvalue weighted by molar-refractivity contribution is 6.08. The highest BCUT2D eigenvalue weighted by Gasteiger charge is 2.04. The zero-order valence-electron chi connectivity index (χ0n) is 8.81. The lowest BCUT2D eigenvalue weighted by Gasteiger charge is -2.07. The molecule has 0 aliphatic heterocycles.